The van der Waals surface area contributed by atoms with Crippen molar-refractivity contribution in [3.8, 4) is 11.3 Å². The van der Waals surface area contributed by atoms with Crippen LogP contribution in [0.4, 0.5) is 5.69 Å². The van der Waals surface area contributed by atoms with Gasteiger partial charge in [0.15, 0.2) is 5.43 Å². The zero-order valence-electron chi connectivity index (χ0n) is 16.3. The van der Waals surface area contributed by atoms with Crippen molar-refractivity contribution in [1.29, 1.82) is 0 Å². The number of benzene rings is 2. The fourth-order valence-corrected chi connectivity index (χ4v) is 3.65. The Morgan fingerprint density at radius 2 is 1.83 bits per heavy atom. The summed E-state index contributed by atoms with van der Waals surface area (Å²) in [5, 5.41) is 3.72. The van der Waals surface area contributed by atoms with E-state index < -0.39 is 5.91 Å². The SMILES string of the molecule is CCCCn1c(C)cc(=O)c(C(=O)Nc2ccccc2Cl)c1-c1cccc(Cl)c1. The smallest absolute Gasteiger partial charge is 0.261 e. The molecule has 150 valence electrons. The Morgan fingerprint density at radius 3 is 2.52 bits per heavy atom. The first-order valence-corrected chi connectivity index (χ1v) is 10.2. The Morgan fingerprint density at radius 1 is 1.07 bits per heavy atom. The van der Waals surface area contributed by atoms with Gasteiger partial charge >= 0.3 is 0 Å². The molecule has 6 heteroatoms. The molecule has 2 aromatic carbocycles. The number of nitrogens with zero attached hydrogens (tertiary/aromatic N) is 1. The van der Waals surface area contributed by atoms with Gasteiger partial charge in [0.2, 0.25) is 0 Å². The summed E-state index contributed by atoms with van der Waals surface area (Å²) >= 11 is 12.4. The lowest BCUT2D eigenvalue weighted by Gasteiger charge is -2.20. The molecule has 3 rings (SSSR count). The summed E-state index contributed by atoms with van der Waals surface area (Å²) in [5.41, 5.74) is 2.28. The molecule has 0 radical (unpaired) electrons. The van der Waals surface area contributed by atoms with Crippen molar-refractivity contribution in [2.45, 2.75) is 33.2 Å². The lowest BCUT2D eigenvalue weighted by molar-refractivity contribution is 0.102. The number of halogens is 2. The maximum atomic E-state index is 13.2. The van der Waals surface area contributed by atoms with Crippen molar-refractivity contribution in [3.05, 3.63) is 86.1 Å². The summed E-state index contributed by atoms with van der Waals surface area (Å²) in [4.78, 5) is 26.1. The number of aromatic nitrogens is 1. The summed E-state index contributed by atoms with van der Waals surface area (Å²) < 4.78 is 2.01. The van der Waals surface area contributed by atoms with Crippen molar-refractivity contribution >= 4 is 34.8 Å². The molecule has 0 unspecified atom stereocenters. The van der Waals surface area contributed by atoms with Crippen LogP contribution >= 0.6 is 23.2 Å². The number of rotatable bonds is 6. The summed E-state index contributed by atoms with van der Waals surface area (Å²) in [5.74, 6) is -0.497. The van der Waals surface area contributed by atoms with E-state index in [0.717, 1.165) is 24.1 Å². The van der Waals surface area contributed by atoms with Crippen molar-refractivity contribution in [2.24, 2.45) is 0 Å². The quantitative estimate of drug-likeness (QED) is 0.509. The predicted molar refractivity (Wildman–Crippen MR) is 120 cm³/mol. The largest absolute Gasteiger partial charge is 0.344 e. The maximum Gasteiger partial charge on any atom is 0.261 e. The second kappa shape index (κ2) is 9.29. The fraction of sp³-hybridized carbons (Fsp3) is 0.217. The van der Waals surface area contributed by atoms with E-state index in [1.54, 1.807) is 36.4 Å². The zero-order chi connectivity index (χ0) is 21.0. The van der Waals surface area contributed by atoms with Gasteiger partial charge in [0, 0.05) is 28.9 Å². The number of anilines is 1. The van der Waals surface area contributed by atoms with Crippen LogP contribution in [-0.4, -0.2) is 10.5 Å². The summed E-state index contributed by atoms with van der Waals surface area (Å²) in [6.07, 6.45) is 1.91. The van der Waals surface area contributed by atoms with E-state index in [2.05, 4.69) is 12.2 Å². The second-order valence-electron chi connectivity index (χ2n) is 6.82. The maximum absolute atomic E-state index is 13.2. The minimum absolute atomic E-state index is 0.0777. The van der Waals surface area contributed by atoms with Crippen LogP contribution in [0.25, 0.3) is 11.3 Å². The molecule has 3 aromatic rings. The topological polar surface area (TPSA) is 51.1 Å². The average Bonchev–Trinajstić information content (AvgIpc) is 2.68. The van der Waals surface area contributed by atoms with Gasteiger partial charge in [-0.1, -0.05) is 60.8 Å². The fourth-order valence-electron chi connectivity index (χ4n) is 3.27. The third kappa shape index (κ3) is 4.72. The number of amides is 1. The highest BCUT2D eigenvalue weighted by atomic mass is 35.5. The minimum atomic E-state index is -0.497. The second-order valence-corrected chi connectivity index (χ2v) is 7.67. The third-order valence-corrected chi connectivity index (χ3v) is 5.27. The van der Waals surface area contributed by atoms with Crippen molar-refractivity contribution in [3.63, 3.8) is 0 Å². The number of unbranched alkanes of at least 4 members (excludes halogenated alkanes) is 1. The van der Waals surface area contributed by atoms with E-state index in [1.807, 2.05) is 23.6 Å². The first-order chi connectivity index (χ1) is 13.9. The van der Waals surface area contributed by atoms with Crippen molar-refractivity contribution in [2.75, 3.05) is 5.32 Å². The van der Waals surface area contributed by atoms with Gasteiger partial charge in [-0.3, -0.25) is 9.59 Å². The number of carbonyl (C=O) groups is 1. The molecular weight excluding hydrogens is 407 g/mol. The number of carbonyl (C=O) groups excluding carboxylic acids is 1. The highest BCUT2D eigenvalue weighted by Crippen LogP contribution is 2.28. The Hall–Kier alpha value is -2.56. The molecule has 0 aliphatic heterocycles. The normalized spacial score (nSPS) is 10.8. The van der Waals surface area contributed by atoms with Crippen LogP contribution in [0.5, 0.6) is 0 Å². The molecular formula is C23H22Cl2N2O2. The molecule has 0 aliphatic carbocycles. The zero-order valence-corrected chi connectivity index (χ0v) is 17.8. The highest BCUT2D eigenvalue weighted by molar-refractivity contribution is 6.34. The van der Waals surface area contributed by atoms with Crippen LogP contribution in [-0.2, 0) is 6.54 Å². The number of aryl methyl sites for hydroxylation is 1. The number of hydrogen-bond donors (Lipinski definition) is 1. The van der Waals surface area contributed by atoms with E-state index in [9.17, 15) is 9.59 Å². The standard InChI is InChI=1S/C23H22Cl2N2O2/c1-3-4-12-27-15(2)13-20(28)21(22(27)16-8-7-9-17(24)14-16)23(29)26-19-11-6-5-10-18(19)25/h5-11,13-14H,3-4,12H2,1-2H3,(H,26,29). The molecule has 0 saturated heterocycles. The van der Waals surface area contributed by atoms with Crippen LogP contribution in [0.1, 0.15) is 35.8 Å². The van der Waals surface area contributed by atoms with Crippen LogP contribution in [0.15, 0.2) is 59.4 Å². The first-order valence-electron chi connectivity index (χ1n) is 9.48. The molecule has 1 amide bonds. The molecule has 0 aliphatic rings. The molecule has 4 nitrogen and oxygen atoms in total. The number of para-hydroxylation sites is 1. The molecule has 0 saturated carbocycles. The average molecular weight is 429 g/mol. The van der Waals surface area contributed by atoms with Gasteiger partial charge in [-0.25, -0.2) is 0 Å². The summed E-state index contributed by atoms with van der Waals surface area (Å²) in [6, 6.07) is 15.6. The molecule has 0 atom stereocenters. The first kappa shape index (κ1) is 21.2. The van der Waals surface area contributed by atoms with Crippen LogP contribution < -0.4 is 10.7 Å². The molecule has 1 aromatic heterocycles. The Kier molecular flexibility index (Phi) is 6.78. The molecule has 29 heavy (non-hydrogen) atoms. The van der Waals surface area contributed by atoms with Gasteiger partial charge in [0.05, 0.1) is 16.4 Å². The van der Waals surface area contributed by atoms with E-state index in [-0.39, 0.29) is 11.0 Å². The van der Waals surface area contributed by atoms with Gasteiger partial charge in [0.25, 0.3) is 5.91 Å². The number of pyridine rings is 1. The summed E-state index contributed by atoms with van der Waals surface area (Å²) in [7, 11) is 0. The monoisotopic (exact) mass is 428 g/mol. The molecule has 1 N–H and O–H groups in total. The van der Waals surface area contributed by atoms with Gasteiger partial charge in [-0.2, -0.15) is 0 Å². The number of nitrogens with one attached hydrogen (secondary N) is 1. The predicted octanol–water partition coefficient (Wildman–Crippen LogP) is 6.18. The van der Waals surface area contributed by atoms with E-state index in [4.69, 9.17) is 23.2 Å². The Labute approximate surface area is 180 Å². The van der Waals surface area contributed by atoms with Gasteiger partial charge < -0.3 is 9.88 Å². The van der Waals surface area contributed by atoms with E-state index >= 15 is 0 Å². The molecule has 0 fully saturated rings. The van der Waals surface area contributed by atoms with E-state index in [0.29, 0.717) is 28.0 Å². The Bertz CT molecular complexity index is 1110. The van der Waals surface area contributed by atoms with Crippen LogP contribution in [0.3, 0.4) is 0 Å². The van der Waals surface area contributed by atoms with Gasteiger partial charge in [-0.15, -0.1) is 0 Å². The van der Waals surface area contributed by atoms with Crippen LogP contribution in [0.2, 0.25) is 10.0 Å². The Balaban J connectivity index is 2.21. The number of hydrogen-bond acceptors (Lipinski definition) is 2. The molecule has 1 heterocycles. The minimum Gasteiger partial charge on any atom is -0.344 e. The highest BCUT2D eigenvalue weighted by Gasteiger charge is 2.22. The van der Waals surface area contributed by atoms with Crippen molar-refractivity contribution < 1.29 is 4.79 Å². The van der Waals surface area contributed by atoms with Crippen molar-refractivity contribution in [1.82, 2.24) is 4.57 Å². The lowest BCUT2D eigenvalue weighted by atomic mass is 10.0. The summed E-state index contributed by atoms with van der Waals surface area (Å²) in [6.45, 7) is 4.67. The van der Waals surface area contributed by atoms with Gasteiger partial charge in [-0.05, 0) is 37.6 Å². The molecule has 0 spiro atoms. The van der Waals surface area contributed by atoms with Gasteiger partial charge in [0.1, 0.15) is 5.56 Å². The lowest BCUT2D eigenvalue weighted by Crippen LogP contribution is -2.27. The molecule has 0 bridgehead atoms. The van der Waals surface area contributed by atoms with Crippen LogP contribution in [0, 0.1) is 6.92 Å². The van der Waals surface area contributed by atoms with E-state index in [1.165, 1.54) is 6.07 Å². The third-order valence-electron chi connectivity index (χ3n) is 4.70.